The fourth-order valence-electron chi connectivity index (χ4n) is 2.90. The van der Waals surface area contributed by atoms with Gasteiger partial charge < -0.3 is 16.4 Å². The molecule has 6 heteroatoms. The van der Waals surface area contributed by atoms with Crippen LogP contribution in [0.5, 0.6) is 0 Å². The van der Waals surface area contributed by atoms with E-state index in [4.69, 9.17) is 18.0 Å². The van der Waals surface area contributed by atoms with Crippen molar-refractivity contribution in [3.8, 4) is 0 Å². The van der Waals surface area contributed by atoms with Crippen LogP contribution >= 0.6 is 12.2 Å². The van der Waals surface area contributed by atoms with Crippen molar-refractivity contribution in [2.24, 2.45) is 11.1 Å². The standard InChI is InChI=1S/C15H25N3O2S/c16-13(21)15(8-3-1-2-4-9-15)14(20)17-10-7-12(19)18-11-5-6-11/h11H,1-10H2,(H2,16,21)(H,17,20)(H,18,19). The van der Waals surface area contributed by atoms with Gasteiger partial charge in [-0.05, 0) is 25.7 Å². The van der Waals surface area contributed by atoms with Crippen molar-refractivity contribution in [1.29, 1.82) is 0 Å². The first kappa shape index (κ1) is 16.2. The summed E-state index contributed by atoms with van der Waals surface area (Å²) in [4.78, 5) is 24.4. The van der Waals surface area contributed by atoms with E-state index in [0.717, 1.165) is 51.4 Å². The normalized spacial score (nSPS) is 21.1. The van der Waals surface area contributed by atoms with Crippen LogP contribution in [-0.4, -0.2) is 29.4 Å². The van der Waals surface area contributed by atoms with Crippen LogP contribution in [0.2, 0.25) is 0 Å². The summed E-state index contributed by atoms with van der Waals surface area (Å²) in [5, 5.41) is 5.77. The molecule has 0 aromatic heterocycles. The smallest absolute Gasteiger partial charge is 0.233 e. The summed E-state index contributed by atoms with van der Waals surface area (Å²) < 4.78 is 0. The predicted molar refractivity (Wildman–Crippen MR) is 85.7 cm³/mol. The van der Waals surface area contributed by atoms with Crippen LogP contribution in [0.3, 0.4) is 0 Å². The summed E-state index contributed by atoms with van der Waals surface area (Å²) in [6.45, 7) is 0.349. The van der Waals surface area contributed by atoms with Gasteiger partial charge in [0.05, 0.1) is 10.4 Å². The molecule has 2 aliphatic carbocycles. The zero-order chi connectivity index (χ0) is 15.3. The van der Waals surface area contributed by atoms with E-state index in [1.54, 1.807) is 0 Å². The maximum absolute atomic E-state index is 12.5. The molecule has 0 heterocycles. The van der Waals surface area contributed by atoms with Crippen LogP contribution in [0.25, 0.3) is 0 Å². The number of carbonyl (C=O) groups excluding carboxylic acids is 2. The van der Waals surface area contributed by atoms with Gasteiger partial charge in [-0.2, -0.15) is 0 Å². The Kier molecular flexibility index (Phi) is 5.56. The van der Waals surface area contributed by atoms with E-state index in [1.165, 1.54) is 0 Å². The van der Waals surface area contributed by atoms with Gasteiger partial charge in [0.2, 0.25) is 11.8 Å². The van der Waals surface area contributed by atoms with Crippen molar-refractivity contribution >= 4 is 29.0 Å². The lowest BCUT2D eigenvalue weighted by atomic mass is 9.79. The zero-order valence-electron chi connectivity index (χ0n) is 12.5. The molecular formula is C15H25N3O2S. The minimum absolute atomic E-state index is 0.00282. The Labute approximate surface area is 131 Å². The number of thiocarbonyl (C=S) groups is 1. The molecule has 0 aliphatic heterocycles. The Morgan fingerprint density at radius 1 is 1.14 bits per heavy atom. The van der Waals surface area contributed by atoms with Gasteiger partial charge in [-0.1, -0.05) is 37.9 Å². The van der Waals surface area contributed by atoms with Gasteiger partial charge >= 0.3 is 0 Å². The summed E-state index contributed by atoms with van der Waals surface area (Å²) in [5.74, 6) is -0.0980. The monoisotopic (exact) mass is 311 g/mol. The highest BCUT2D eigenvalue weighted by Crippen LogP contribution is 2.35. The van der Waals surface area contributed by atoms with E-state index in [-0.39, 0.29) is 11.8 Å². The first-order chi connectivity index (χ1) is 10.0. The van der Waals surface area contributed by atoms with E-state index in [0.29, 0.717) is 24.0 Å². The lowest BCUT2D eigenvalue weighted by molar-refractivity contribution is -0.128. The quantitative estimate of drug-likeness (QED) is 0.511. The number of rotatable bonds is 6. The first-order valence-electron chi connectivity index (χ1n) is 7.92. The van der Waals surface area contributed by atoms with E-state index in [1.807, 2.05) is 0 Å². The molecule has 0 atom stereocenters. The fraction of sp³-hybridized carbons (Fsp3) is 0.800. The molecule has 21 heavy (non-hydrogen) atoms. The van der Waals surface area contributed by atoms with Crippen LogP contribution in [0.4, 0.5) is 0 Å². The minimum Gasteiger partial charge on any atom is -0.392 e. The highest BCUT2D eigenvalue weighted by atomic mass is 32.1. The van der Waals surface area contributed by atoms with E-state index in [2.05, 4.69) is 10.6 Å². The molecule has 0 bridgehead atoms. The molecule has 0 spiro atoms. The number of hydrogen-bond donors (Lipinski definition) is 3. The average molecular weight is 311 g/mol. The maximum Gasteiger partial charge on any atom is 0.233 e. The SMILES string of the molecule is NC(=S)C1(C(=O)NCCC(=O)NC2CC2)CCCCCC1. The summed E-state index contributed by atoms with van der Waals surface area (Å²) in [7, 11) is 0. The molecule has 0 aromatic rings. The second-order valence-electron chi connectivity index (χ2n) is 6.21. The Hall–Kier alpha value is -1.17. The zero-order valence-corrected chi connectivity index (χ0v) is 13.3. The summed E-state index contributed by atoms with van der Waals surface area (Å²) >= 11 is 5.17. The molecule has 2 rings (SSSR count). The third-order valence-electron chi connectivity index (χ3n) is 4.44. The molecule has 2 fully saturated rings. The largest absolute Gasteiger partial charge is 0.392 e. The van der Waals surface area contributed by atoms with Gasteiger partial charge in [-0.15, -0.1) is 0 Å². The number of carbonyl (C=O) groups is 2. The van der Waals surface area contributed by atoms with Crippen molar-refractivity contribution in [3.63, 3.8) is 0 Å². The number of nitrogens with one attached hydrogen (secondary N) is 2. The highest BCUT2D eigenvalue weighted by molar-refractivity contribution is 7.80. The Balaban J connectivity index is 1.83. The third kappa shape index (κ3) is 4.40. The number of amides is 2. The first-order valence-corrected chi connectivity index (χ1v) is 8.33. The predicted octanol–water partition coefficient (Wildman–Crippen LogP) is 1.40. The van der Waals surface area contributed by atoms with Crippen LogP contribution in [0.15, 0.2) is 0 Å². The van der Waals surface area contributed by atoms with Crippen molar-refractivity contribution in [2.45, 2.75) is 63.8 Å². The van der Waals surface area contributed by atoms with Gasteiger partial charge in [0, 0.05) is 19.0 Å². The molecule has 0 saturated heterocycles. The van der Waals surface area contributed by atoms with Crippen molar-refractivity contribution < 1.29 is 9.59 Å². The average Bonchev–Trinajstić information content (AvgIpc) is 3.24. The fourth-order valence-corrected chi connectivity index (χ4v) is 3.20. The third-order valence-corrected chi connectivity index (χ3v) is 4.83. The molecule has 4 N–H and O–H groups in total. The molecule has 0 aromatic carbocycles. The Morgan fingerprint density at radius 3 is 2.29 bits per heavy atom. The van der Waals surface area contributed by atoms with Gasteiger partial charge in [-0.25, -0.2) is 0 Å². The Morgan fingerprint density at radius 2 is 1.76 bits per heavy atom. The van der Waals surface area contributed by atoms with Gasteiger partial charge in [0.15, 0.2) is 0 Å². The lowest BCUT2D eigenvalue weighted by Gasteiger charge is -2.30. The van der Waals surface area contributed by atoms with Gasteiger partial charge in [0.1, 0.15) is 0 Å². The second-order valence-corrected chi connectivity index (χ2v) is 6.65. The van der Waals surface area contributed by atoms with E-state index < -0.39 is 5.41 Å². The Bertz CT molecular complexity index is 413. The second kappa shape index (κ2) is 7.20. The van der Waals surface area contributed by atoms with Crippen LogP contribution < -0.4 is 16.4 Å². The molecule has 2 saturated carbocycles. The molecule has 5 nitrogen and oxygen atoms in total. The van der Waals surface area contributed by atoms with E-state index >= 15 is 0 Å². The van der Waals surface area contributed by atoms with Crippen LogP contribution in [-0.2, 0) is 9.59 Å². The summed E-state index contributed by atoms with van der Waals surface area (Å²) in [6.07, 6.45) is 8.12. The number of hydrogen-bond acceptors (Lipinski definition) is 3. The van der Waals surface area contributed by atoms with E-state index in [9.17, 15) is 9.59 Å². The van der Waals surface area contributed by atoms with Crippen molar-refractivity contribution in [1.82, 2.24) is 10.6 Å². The molecule has 0 unspecified atom stereocenters. The topological polar surface area (TPSA) is 84.2 Å². The minimum atomic E-state index is -0.710. The van der Waals surface area contributed by atoms with Crippen molar-refractivity contribution in [2.75, 3.05) is 6.54 Å². The van der Waals surface area contributed by atoms with Crippen molar-refractivity contribution in [3.05, 3.63) is 0 Å². The molecule has 2 aliphatic rings. The summed E-state index contributed by atoms with van der Waals surface area (Å²) in [5.41, 5.74) is 5.16. The maximum atomic E-state index is 12.5. The molecule has 0 radical (unpaired) electrons. The molecular weight excluding hydrogens is 286 g/mol. The lowest BCUT2D eigenvalue weighted by Crippen LogP contribution is -2.49. The molecule has 118 valence electrons. The van der Waals surface area contributed by atoms with Crippen LogP contribution in [0.1, 0.15) is 57.8 Å². The van der Waals surface area contributed by atoms with Gasteiger partial charge in [0.25, 0.3) is 0 Å². The summed E-state index contributed by atoms with van der Waals surface area (Å²) in [6, 6.07) is 0.359. The molecule has 2 amide bonds. The highest BCUT2D eigenvalue weighted by Gasteiger charge is 2.41. The van der Waals surface area contributed by atoms with Crippen LogP contribution in [0, 0.1) is 5.41 Å². The van der Waals surface area contributed by atoms with Gasteiger partial charge in [-0.3, -0.25) is 9.59 Å². The number of nitrogens with two attached hydrogens (primary N) is 1.